The monoisotopic (exact) mass is 497 g/mol. The van der Waals surface area contributed by atoms with E-state index in [1.54, 1.807) is 24.3 Å². The van der Waals surface area contributed by atoms with Crippen LogP contribution in [0.1, 0.15) is 73.3 Å². The fraction of sp³-hybridized carbons (Fsp3) is 0.375. The summed E-state index contributed by atoms with van der Waals surface area (Å²) in [5.74, 6) is 0.0237. The van der Waals surface area contributed by atoms with Gasteiger partial charge in [-0.25, -0.2) is 4.39 Å². The molecule has 0 heterocycles. The Bertz CT molecular complexity index is 851. The van der Waals surface area contributed by atoms with Crippen molar-refractivity contribution in [2.75, 3.05) is 6.54 Å². The Morgan fingerprint density at radius 1 is 1.00 bits per heavy atom. The fourth-order valence-electron chi connectivity index (χ4n) is 2.12. The predicted octanol–water partition coefficient (Wildman–Crippen LogP) is 8.80. The smallest absolute Gasteiger partial charge is 0.219 e. The van der Waals surface area contributed by atoms with Gasteiger partial charge in [-0.05, 0) is 59.6 Å². The van der Waals surface area contributed by atoms with Gasteiger partial charge in [0.15, 0.2) is 5.78 Å². The first-order valence-corrected chi connectivity index (χ1v) is 12.5. The maximum atomic E-state index is 12.1. The maximum absolute atomic E-state index is 12.1. The van der Waals surface area contributed by atoms with Gasteiger partial charge in [-0.15, -0.1) is 0 Å². The average Bonchev–Trinajstić information content (AvgIpc) is 2.86. The van der Waals surface area contributed by atoms with Crippen molar-refractivity contribution < 1.29 is 14.0 Å². The van der Waals surface area contributed by atoms with Gasteiger partial charge in [0, 0.05) is 18.5 Å². The molecule has 1 amide bonds. The van der Waals surface area contributed by atoms with E-state index in [9.17, 15) is 14.0 Å². The van der Waals surface area contributed by atoms with Gasteiger partial charge in [-0.3, -0.25) is 9.59 Å². The molecule has 1 N–H and O–H groups in total. The van der Waals surface area contributed by atoms with Crippen molar-refractivity contribution in [1.82, 2.24) is 5.32 Å². The van der Waals surface area contributed by atoms with Gasteiger partial charge < -0.3 is 5.32 Å². The van der Waals surface area contributed by atoms with E-state index in [2.05, 4.69) is 44.5 Å². The zero-order valence-electron chi connectivity index (χ0n) is 23.8. The molecule has 0 aliphatic heterocycles. The van der Waals surface area contributed by atoms with Crippen molar-refractivity contribution in [2.24, 2.45) is 0 Å². The van der Waals surface area contributed by atoms with Crippen LogP contribution in [0.3, 0.4) is 0 Å². The van der Waals surface area contributed by atoms with E-state index in [1.165, 1.54) is 24.6 Å². The van der Waals surface area contributed by atoms with Crippen LogP contribution in [-0.4, -0.2) is 18.2 Å². The summed E-state index contributed by atoms with van der Waals surface area (Å²) in [5, 5.41) is 2.74. The van der Waals surface area contributed by atoms with E-state index in [-0.39, 0.29) is 17.5 Å². The quantitative estimate of drug-likeness (QED) is 0.274. The van der Waals surface area contributed by atoms with E-state index in [4.69, 9.17) is 0 Å². The molecule has 1 aromatic rings. The lowest BCUT2D eigenvalue weighted by Gasteiger charge is -1.97. The van der Waals surface area contributed by atoms with Crippen LogP contribution in [0.4, 0.5) is 4.39 Å². The molecule has 200 valence electrons. The summed E-state index contributed by atoms with van der Waals surface area (Å²) in [4.78, 5) is 21.2. The summed E-state index contributed by atoms with van der Waals surface area (Å²) < 4.78 is 12.1. The van der Waals surface area contributed by atoms with E-state index in [1.807, 2.05) is 52.8 Å². The molecule has 0 unspecified atom stereocenters. The van der Waals surface area contributed by atoms with Gasteiger partial charge in [0.05, 0.1) is 0 Å². The van der Waals surface area contributed by atoms with Crippen LogP contribution in [0.25, 0.3) is 0 Å². The van der Waals surface area contributed by atoms with Crippen molar-refractivity contribution >= 4 is 11.7 Å². The first-order chi connectivity index (χ1) is 17.0. The lowest BCUT2D eigenvalue weighted by Crippen LogP contribution is -2.22. The Labute approximate surface area is 220 Å². The molecule has 0 saturated carbocycles. The molecule has 0 radical (unpaired) electrons. The van der Waals surface area contributed by atoms with Crippen LogP contribution in [0, 0.1) is 12.7 Å². The minimum absolute atomic E-state index is 0.0492. The molecule has 1 aromatic carbocycles. The Morgan fingerprint density at radius 3 is 1.92 bits per heavy atom. The Kier molecular flexibility index (Phi) is 27.3. The fourth-order valence-corrected chi connectivity index (χ4v) is 2.12. The molecule has 0 aromatic heterocycles. The molecule has 0 bridgehead atoms. The molecule has 1 rings (SSSR count). The second kappa shape index (κ2) is 26.3. The highest BCUT2D eigenvalue weighted by molar-refractivity contribution is 5.96. The van der Waals surface area contributed by atoms with Crippen LogP contribution in [0.2, 0.25) is 0 Å². The Morgan fingerprint density at radius 2 is 1.58 bits per heavy atom. The van der Waals surface area contributed by atoms with Crippen LogP contribution in [0.5, 0.6) is 0 Å². The van der Waals surface area contributed by atoms with Gasteiger partial charge in [0.1, 0.15) is 5.82 Å². The maximum Gasteiger partial charge on any atom is 0.219 e. The van der Waals surface area contributed by atoms with Crippen molar-refractivity contribution in [2.45, 2.75) is 74.7 Å². The van der Waals surface area contributed by atoms with E-state index >= 15 is 0 Å². The normalized spacial score (nSPS) is 10.8. The molecule has 0 saturated heterocycles. The highest BCUT2D eigenvalue weighted by atomic mass is 19.1. The average molecular weight is 498 g/mol. The second-order valence-corrected chi connectivity index (χ2v) is 7.80. The summed E-state index contributed by atoms with van der Waals surface area (Å²) in [6.45, 7) is 23.6. The zero-order valence-corrected chi connectivity index (χ0v) is 23.8. The van der Waals surface area contributed by atoms with Crippen LogP contribution in [-0.2, 0) is 9.59 Å². The number of carbonyl (C=O) groups excluding carboxylic acids is 2. The first kappa shape index (κ1) is 37.3. The summed E-state index contributed by atoms with van der Waals surface area (Å²) >= 11 is 0. The third-order valence-electron chi connectivity index (χ3n) is 4.36. The van der Waals surface area contributed by atoms with Gasteiger partial charge in [0.2, 0.25) is 5.91 Å². The topological polar surface area (TPSA) is 46.2 Å². The van der Waals surface area contributed by atoms with E-state index in [0.29, 0.717) is 12.0 Å². The zero-order chi connectivity index (χ0) is 28.4. The first-order valence-electron chi connectivity index (χ1n) is 12.5. The third kappa shape index (κ3) is 27.0. The summed E-state index contributed by atoms with van der Waals surface area (Å²) in [5.41, 5.74) is 4.21. The molecule has 0 aliphatic carbocycles. The van der Waals surface area contributed by atoms with Gasteiger partial charge in [-0.2, -0.15) is 0 Å². The van der Waals surface area contributed by atoms with Crippen molar-refractivity contribution in [1.29, 1.82) is 0 Å². The van der Waals surface area contributed by atoms with Crippen molar-refractivity contribution in [3.05, 3.63) is 108 Å². The second-order valence-electron chi connectivity index (χ2n) is 7.80. The number of rotatable bonds is 9. The number of aryl methyl sites for hydroxylation is 1. The molecule has 3 nitrogen and oxygen atoms in total. The third-order valence-corrected chi connectivity index (χ3v) is 4.36. The number of halogens is 1. The number of carbonyl (C=O) groups is 2. The highest BCUT2D eigenvalue weighted by Gasteiger charge is 1.94. The number of ketones is 1. The lowest BCUT2D eigenvalue weighted by atomic mass is 10.1. The number of Topliss-reactive ketones (excluding diaryl/α,β-unsaturated/α-hetero) is 1. The number of nitrogens with one attached hydrogen (secondary N) is 1. The molecule has 4 heteroatoms. The highest BCUT2D eigenvalue weighted by Crippen LogP contribution is 2.03. The lowest BCUT2D eigenvalue weighted by molar-refractivity contribution is -0.120. The van der Waals surface area contributed by atoms with Crippen molar-refractivity contribution in [3.8, 4) is 0 Å². The number of allylic oxidation sites excluding steroid dienone is 10. The standard InChI is InChI=1S/C10H16.C9H12O.C7H7F.C6H13NO/c1-5-10(6-2)8-7-9(3)4;1-4-6-7-9(5-2)8(3)10;1-6-2-4-7(8)5-3-6;1-3-5-7-6(8)4-2/h5,7-8H,3,6H2,1-2,4H3;4-7H,2H2,1,3H3;2-5H,1H3;3-5H2,1-2H3,(H,7,8)/b8-7-,10-5-;6-4-,9-7+;;. The summed E-state index contributed by atoms with van der Waals surface area (Å²) in [6, 6.07) is 6.40. The molecule has 0 fully saturated rings. The summed E-state index contributed by atoms with van der Waals surface area (Å²) in [6.07, 6.45) is 16.0. The number of hydrogen-bond donors (Lipinski definition) is 1. The minimum atomic E-state index is -0.171. The molecule has 0 aliphatic rings. The molecular formula is C32H48FNO2. The predicted molar refractivity (Wildman–Crippen MR) is 157 cm³/mol. The molecule has 0 spiro atoms. The van der Waals surface area contributed by atoms with E-state index in [0.717, 1.165) is 30.5 Å². The van der Waals surface area contributed by atoms with Crippen LogP contribution in [0.15, 0.2) is 96.7 Å². The summed E-state index contributed by atoms with van der Waals surface area (Å²) in [7, 11) is 0. The van der Waals surface area contributed by atoms with Crippen LogP contribution >= 0.6 is 0 Å². The number of benzene rings is 1. The SMILES string of the molecule is C=C(C)/C=C\C(=C/C)CC.C=C/C(=C\C=C/C)C(C)=O.CCCNC(=O)CC.Cc1ccc(F)cc1. The van der Waals surface area contributed by atoms with Gasteiger partial charge in [0.25, 0.3) is 0 Å². The largest absolute Gasteiger partial charge is 0.356 e. The Balaban J connectivity index is -0.000000405. The number of hydrogen-bond acceptors (Lipinski definition) is 2. The van der Waals surface area contributed by atoms with Gasteiger partial charge in [-0.1, -0.05) is 105 Å². The molecule has 0 atom stereocenters. The number of amides is 1. The minimum Gasteiger partial charge on any atom is -0.356 e. The van der Waals surface area contributed by atoms with Crippen molar-refractivity contribution in [3.63, 3.8) is 0 Å². The Hall–Kier alpha value is -3.27. The molecular weight excluding hydrogens is 449 g/mol. The molecule has 36 heavy (non-hydrogen) atoms. The van der Waals surface area contributed by atoms with Crippen LogP contribution < -0.4 is 5.32 Å². The van der Waals surface area contributed by atoms with Gasteiger partial charge >= 0.3 is 0 Å². The van der Waals surface area contributed by atoms with E-state index < -0.39 is 0 Å².